The van der Waals surface area contributed by atoms with E-state index in [1.165, 1.54) is 23.3 Å². The lowest BCUT2D eigenvalue weighted by molar-refractivity contribution is -0.142. The molecule has 0 fully saturated rings. The summed E-state index contributed by atoms with van der Waals surface area (Å²) in [5.74, 6) is -0.915. The fraction of sp³-hybridized carbons (Fsp3) is 0.360. The quantitative estimate of drug-likeness (QED) is 0.771. The van der Waals surface area contributed by atoms with Crippen molar-refractivity contribution >= 4 is 11.8 Å². The number of carbonyl (C=O) groups excluding carboxylic acids is 2. The van der Waals surface area contributed by atoms with Crippen LogP contribution in [0.25, 0.3) is 0 Å². The minimum atomic E-state index is -0.340. The van der Waals surface area contributed by atoms with Gasteiger partial charge in [-0.05, 0) is 54.5 Å². The van der Waals surface area contributed by atoms with Gasteiger partial charge in [-0.1, -0.05) is 48.6 Å². The Labute approximate surface area is 176 Å². The molecule has 1 heterocycles. The topological polar surface area (TPSA) is 49.4 Å². The van der Waals surface area contributed by atoms with Crippen LogP contribution in [0, 0.1) is 17.7 Å². The van der Waals surface area contributed by atoms with Crippen LogP contribution in [0.5, 0.6) is 0 Å². The Morgan fingerprint density at radius 1 is 0.967 bits per heavy atom. The number of nitrogens with zero attached hydrogens (tertiary/aromatic N) is 1. The highest BCUT2D eigenvalue weighted by atomic mass is 19.1. The van der Waals surface area contributed by atoms with Crippen molar-refractivity contribution in [1.82, 2.24) is 10.2 Å². The first-order chi connectivity index (χ1) is 14.6. The molecule has 0 bridgehead atoms. The molecule has 0 aromatic heterocycles. The van der Waals surface area contributed by atoms with E-state index in [0.29, 0.717) is 38.9 Å². The SMILES string of the molecule is O=C(NCCc1ccc(F)cc1)C1CC=CCC1C(=O)N1CCc2ccccc2C1. The van der Waals surface area contributed by atoms with Gasteiger partial charge in [-0.2, -0.15) is 0 Å². The summed E-state index contributed by atoms with van der Waals surface area (Å²) in [6.45, 7) is 1.80. The third kappa shape index (κ3) is 4.61. The van der Waals surface area contributed by atoms with Crippen LogP contribution in [-0.2, 0) is 29.0 Å². The summed E-state index contributed by atoms with van der Waals surface area (Å²) >= 11 is 0. The summed E-state index contributed by atoms with van der Waals surface area (Å²) in [7, 11) is 0. The maximum atomic E-state index is 13.3. The number of hydrogen-bond donors (Lipinski definition) is 1. The van der Waals surface area contributed by atoms with E-state index in [1.54, 1.807) is 12.1 Å². The molecule has 2 aromatic rings. The fourth-order valence-corrected chi connectivity index (χ4v) is 4.41. The van der Waals surface area contributed by atoms with Gasteiger partial charge in [-0.15, -0.1) is 0 Å². The van der Waals surface area contributed by atoms with Crippen molar-refractivity contribution in [2.45, 2.75) is 32.2 Å². The lowest BCUT2D eigenvalue weighted by Gasteiger charge is -2.35. The molecule has 0 spiro atoms. The standard InChI is InChI=1S/C25H27FN2O2/c26-21-11-9-18(10-12-21)13-15-27-24(29)22-7-3-4-8-23(22)25(30)28-16-14-19-5-1-2-6-20(19)17-28/h1-6,9-12,22-23H,7-8,13-17H2,(H,27,29). The molecular formula is C25H27FN2O2. The zero-order chi connectivity index (χ0) is 20.9. The van der Waals surface area contributed by atoms with Crippen molar-refractivity contribution in [2.75, 3.05) is 13.1 Å². The first-order valence-corrected chi connectivity index (χ1v) is 10.6. The fourth-order valence-electron chi connectivity index (χ4n) is 4.41. The molecule has 0 saturated carbocycles. The number of rotatable bonds is 5. The molecule has 156 valence electrons. The van der Waals surface area contributed by atoms with E-state index in [1.807, 2.05) is 29.2 Å². The summed E-state index contributed by atoms with van der Waals surface area (Å²) in [6, 6.07) is 14.6. The molecule has 1 aliphatic carbocycles. The van der Waals surface area contributed by atoms with Crippen molar-refractivity contribution in [1.29, 1.82) is 0 Å². The van der Waals surface area contributed by atoms with Gasteiger partial charge < -0.3 is 10.2 Å². The minimum Gasteiger partial charge on any atom is -0.355 e. The maximum absolute atomic E-state index is 13.3. The maximum Gasteiger partial charge on any atom is 0.227 e. The number of halogens is 1. The molecule has 5 heteroatoms. The Morgan fingerprint density at radius 2 is 1.67 bits per heavy atom. The number of benzene rings is 2. The van der Waals surface area contributed by atoms with Crippen molar-refractivity contribution in [3.8, 4) is 0 Å². The number of carbonyl (C=O) groups is 2. The van der Waals surface area contributed by atoms with E-state index >= 15 is 0 Å². The molecule has 1 N–H and O–H groups in total. The predicted molar refractivity (Wildman–Crippen MR) is 114 cm³/mol. The van der Waals surface area contributed by atoms with E-state index in [4.69, 9.17) is 0 Å². The monoisotopic (exact) mass is 406 g/mol. The Kier molecular flexibility index (Phi) is 6.26. The van der Waals surface area contributed by atoms with Crippen molar-refractivity contribution in [3.05, 3.63) is 83.2 Å². The molecule has 2 unspecified atom stereocenters. The van der Waals surface area contributed by atoms with Crippen LogP contribution in [0.15, 0.2) is 60.7 Å². The number of allylic oxidation sites excluding steroid dienone is 2. The first kappa shape index (κ1) is 20.3. The van der Waals surface area contributed by atoms with E-state index in [2.05, 4.69) is 17.4 Å². The van der Waals surface area contributed by atoms with Crippen LogP contribution in [0.3, 0.4) is 0 Å². The van der Waals surface area contributed by atoms with Crippen LogP contribution in [-0.4, -0.2) is 29.8 Å². The molecule has 2 amide bonds. The molecule has 2 aliphatic rings. The number of fused-ring (bicyclic) bond motifs is 1. The Hall–Kier alpha value is -2.95. The highest BCUT2D eigenvalue weighted by molar-refractivity contribution is 5.88. The second-order valence-electron chi connectivity index (χ2n) is 8.10. The Morgan fingerprint density at radius 3 is 2.43 bits per heavy atom. The van der Waals surface area contributed by atoms with Gasteiger partial charge in [0.2, 0.25) is 11.8 Å². The minimum absolute atomic E-state index is 0.0720. The third-order valence-electron chi connectivity index (χ3n) is 6.15. The molecule has 30 heavy (non-hydrogen) atoms. The zero-order valence-corrected chi connectivity index (χ0v) is 17.0. The highest BCUT2D eigenvalue weighted by Crippen LogP contribution is 2.30. The summed E-state index contributed by atoms with van der Waals surface area (Å²) in [5, 5.41) is 2.98. The summed E-state index contributed by atoms with van der Waals surface area (Å²) in [4.78, 5) is 28.1. The molecule has 4 nitrogen and oxygen atoms in total. The van der Waals surface area contributed by atoms with Gasteiger partial charge in [-0.25, -0.2) is 4.39 Å². The molecule has 4 rings (SSSR count). The largest absolute Gasteiger partial charge is 0.355 e. The Bertz CT molecular complexity index is 938. The number of nitrogens with one attached hydrogen (secondary N) is 1. The predicted octanol–water partition coefficient (Wildman–Crippen LogP) is 3.65. The summed E-state index contributed by atoms with van der Waals surface area (Å²) in [6.07, 6.45) is 6.70. The van der Waals surface area contributed by atoms with Crippen molar-refractivity contribution in [2.24, 2.45) is 11.8 Å². The average Bonchev–Trinajstić information content (AvgIpc) is 2.79. The van der Waals surface area contributed by atoms with Gasteiger partial charge in [0.1, 0.15) is 5.82 Å². The van der Waals surface area contributed by atoms with Crippen LogP contribution in [0.2, 0.25) is 0 Å². The van der Waals surface area contributed by atoms with E-state index in [0.717, 1.165) is 12.0 Å². The molecule has 2 aromatic carbocycles. The smallest absolute Gasteiger partial charge is 0.227 e. The van der Waals surface area contributed by atoms with Crippen LogP contribution in [0.1, 0.15) is 29.5 Å². The molecule has 1 aliphatic heterocycles. The van der Waals surface area contributed by atoms with Crippen LogP contribution < -0.4 is 5.32 Å². The van der Waals surface area contributed by atoms with E-state index in [-0.39, 0.29) is 29.5 Å². The zero-order valence-electron chi connectivity index (χ0n) is 17.0. The third-order valence-corrected chi connectivity index (χ3v) is 6.15. The summed E-state index contributed by atoms with van der Waals surface area (Å²) < 4.78 is 13.0. The van der Waals surface area contributed by atoms with E-state index in [9.17, 15) is 14.0 Å². The average molecular weight is 407 g/mol. The lowest BCUT2D eigenvalue weighted by Crippen LogP contribution is -2.46. The molecule has 0 radical (unpaired) electrons. The van der Waals surface area contributed by atoms with Gasteiger partial charge >= 0.3 is 0 Å². The van der Waals surface area contributed by atoms with Crippen molar-refractivity contribution in [3.63, 3.8) is 0 Å². The Balaban J connectivity index is 1.36. The second kappa shape index (κ2) is 9.24. The van der Waals surface area contributed by atoms with E-state index < -0.39 is 0 Å². The van der Waals surface area contributed by atoms with Gasteiger partial charge in [-0.3, -0.25) is 9.59 Å². The number of hydrogen-bond acceptors (Lipinski definition) is 2. The lowest BCUT2D eigenvalue weighted by atomic mass is 9.81. The van der Waals surface area contributed by atoms with Crippen molar-refractivity contribution < 1.29 is 14.0 Å². The van der Waals surface area contributed by atoms with Crippen LogP contribution >= 0.6 is 0 Å². The molecule has 0 saturated heterocycles. The highest BCUT2D eigenvalue weighted by Gasteiger charge is 2.37. The second-order valence-corrected chi connectivity index (χ2v) is 8.10. The van der Waals surface area contributed by atoms with Gasteiger partial charge in [0.15, 0.2) is 0 Å². The van der Waals surface area contributed by atoms with Gasteiger partial charge in [0.25, 0.3) is 0 Å². The van der Waals surface area contributed by atoms with Gasteiger partial charge in [0.05, 0.1) is 11.8 Å². The molecular weight excluding hydrogens is 379 g/mol. The molecule has 2 atom stereocenters. The van der Waals surface area contributed by atoms with Gasteiger partial charge in [0, 0.05) is 19.6 Å². The summed E-state index contributed by atoms with van der Waals surface area (Å²) in [5.41, 5.74) is 3.48. The van der Waals surface area contributed by atoms with Crippen LogP contribution in [0.4, 0.5) is 4.39 Å². The normalized spacial score (nSPS) is 20.5. The number of amides is 2. The first-order valence-electron chi connectivity index (χ1n) is 10.6.